The third-order valence-corrected chi connectivity index (χ3v) is 4.75. The number of aromatic amines is 1. The second kappa shape index (κ2) is 4.90. The van der Waals surface area contributed by atoms with Crippen molar-refractivity contribution in [1.82, 2.24) is 9.88 Å². The Morgan fingerprint density at radius 3 is 2.89 bits per heavy atom. The van der Waals surface area contributed by atoms with Crippen LogP contribution in [0.15, 0.2) is 23.2 Å². The number of hydrogen-bond donors (Lipinski definition) is 1. The predicted octanol–water partition coefficient (Wildman–Crippen LogP) is 3.16. The van der Waals surface area contributed by atoms with E-state index in [-0.39, 0.29) is 5.91 Å². The molecule has 1 saturated heterocycles. The van der Waals surface area contributed by atoms with Gasteiger partial charge in [0.25, 0.3) is 5.91 Å². The molecule has 2 aliphatic rings. The maximum absolute atomic E-state index is 12.4. The van der Waals surface area contributed by atoms with E-state index in [1.54, 1.807) is 0 Å². The summed E-state index contributed by atoms with van der Waals surface area (Å²) in [5, 5.41) is 0. The molecule has 0 radical (unpaired) electrons. The first-order valence-electron chi connectivity index (χ1n) is 6.16. The SMILES string of the molecule is O=C1C(=Cc2ccc[nH]2)SC(=S)N1C1CCCC1. The molecule has 1 N–H and O–H groups in total. The summed E-state index contributed by atoms with van der Waals surface area (Å²) in [5.41, 5.74) is 0.946. The molecule has 2 fully saturated rings. The number of amides is 1. The van der Waals surface area contributed by atoms with E-state index < -0.39 is 0 Å². The lowest BCUT2D eigenvalue weighted by Crippen LogP contribution is -2.36. The van der Waals surface area contributed by atoms with Crippen molar-refractivity contribution in [3.63, 3.8) is 0 Å². The lowest BCUT2D eigenvalue weighted by molar-refractivity contribution is -0.123. The van der Waals surface area contributed by atoms with Gasteiger partial charge < -0.3 is 4.98 Å². The van der Waals surface area contributed by atoms with Crippen LogP contribution in [0, 0.1) is 0 Å². The topological polar surface area (TPSA) is 36.1 Å². The minimum atomic E-state index is 0.0755. The van der Waals surface area contributed by atoms with Crippen LogP contribution in [-0.4, -0.2) is 26.2 Å². The highest BCUT2D eigenvalue weighted by molar-refractivity contribution is 8.26. The van der Waals surface area contributed by atoms with Gasteiger partial charge in [0, 0.05) is 17.9 Å². The average molecular weight is 278 g/mol. The zero-order valence-electron chi connectivity index (χ0n) is 9.89. The number of carbonyl (C=O) groups excluding carboxylic acids is 1. The monoisotopic (exact) mass is 278 g/mol. The lowest BCUT2D eigenvalue weighted by atomic mass is 10.2. The van der Waals surface area contributed by atoms with Crippen molar-refractivity contribution in [2.75, 3.05) is 0 Å². The minimum Gasteiger partial charge on any atom is -0.362 e. The molecule has 0 aromatic carbocycles. The first-order chi connectivity index (χ1) is 8.75. The molecule has 0 spiro atoms. The van der Waals surface area contributed by atoms with Crippen LogP contribution in [0.1, 0.15) is 31.4 Å². The molecule has 1 saturated carbocycles. The first kappa shape index (κ1) is 12.0. The van der Waals surface area contributed by atoms with Crippen LogP contribution in [0.5, 0.6) is 0 Å². The molecular formula is C13H14N2OS2. The number of thiocarbonyl (C=S) groups is 1. The van der Waals surface area contributed by atoms with E-state index in [9.17, 15) is 4.79 Å². The summed E-state index contributed by atoms with van der Waals surface area (Å²) in [4.78, 5) is 18.0. The van der Waals surface area contributed by atoms with Crippen molar-refractivity contribution < 1.29 is 4.79 Å². The Balaban J connectivity index is 1.84. The molecule has 3 rings (SSSR count). The van der Waals surface area contributed by atoms with Gasteiger partial charge in [-0.15, -0.1) is 0 Å². The standard InChI is InChI=1S/C13H14N2OS2/c16-12-11(8-9-4-3-7-14-9)18-13(17)15(12)10-5-1-2-6-10/h3-4,7-8,10,14H,1-2,5-6H2. The fraction of sp³-hybridized carbons (Fsp3) is 0.385. The number of H-pyrrole nitrogens is 1. The number of nitrogens with one attached hydrogen (secondary N) is 1. The fourth-order valence-electron chi connectivity index (χ4n) is 2.53. The van der Waals surface area contributed by atoms with Crippen LogP contribution < -0.4 is 0 Å². The summed E-state index contributed by atoms with van der Waals surface area (Å²) in [6, 6.07) is 4.19. The largest absolute Gasteiger partial charge is 0.362 e. The van der Waals surface area contributed by atoms with E-state index in [2.05, 4.69) is 4.98 Å². The van der Waals surface area contributed by atoms with Gasteiger partial charge in [-0.25, -0.2) is 0 Å². The Kier molecular flexibility index (Phi) is 3.26. The Bertz CT molecular complexity index is 501. The number of hydrogen-bond acceptors (Lipinski definition) is 3. The van der Waals surface area contributed by atoms with E-state index >= 15 is 0 Å². The second-order valence-corrected chi connectivity index (χ2v) is 6.29. The van der Waals surface area contributed by atoms with Gasteiger partial charge >= 0.3 is 0 Å². The summed E-state index contributed by atoms with van der Waals surface area (Å²) in [6.07, 6.45) is 8.32. The van der Waals surface area contributed by atoms with Gasteiger partial charge in [0.1, 0.15) is 4.32 Å². The molecular weight excluding hydrogens is 264 g/mol. The zero-order valence-corrected chi connectivity index (χ0v) is 11.5. The molecule has 1 aromatic heterocycles. The number of rotatable bonds is 2. The summed E-state index contributed by atoms with van der Waals surface area (Å²) in [5.74, 6) is 0.0755. The highest BCUT2D eigenvalue weighted by Crippen LogP contribution is 2.37. The van der Waals surface area contributed by atoms with E-state index in [1.807, 2.05) is 29.3 Å². The van der Waals surface area contributed by atoms with Crippen LogP contribution in [0.3, 0.4) is 0 Å². The van der Waals surface area contributed by atoms with Gasteiger partial charge in [-0.2, -0.15) is 0 Å². The number of aromatic nitrogens is 1. The minimum absolute atomic E-state index is 0.0755. The van der Waals surface area contributed by atoms with Crippen molar-refractivity contribution >= 4 is 40.3 Å². The quantitative estimate of drug-likeness (QED) is 0.667. The highest BCUT2D eigenvalue weighted by atomic mass is 32.2. The van der Waals surface area contributed by atoms with Crippen molar-refractivity contribution in [1.29, 1.82) is 0 Å². The second-order valence-electron chi connectivity index (χ2n) is 4.62. The smallest absolute Gasteiger partial charge is 0.266 e. The van der Waals surface area contributed by atoms with Gasteiger partial charge in [0.05, 0.1) is 4.91 Å². The van der Waals surface area contributed by atoms with Crippen LogP contribution in [-0.2, 0) is 4.79 Å². The molecule has 1 aliphatic carbocycles. The third-order valence-electron chi connectivity index (χ3n) is 3.42. The zero-order chi connectivity index (χ0) is 12.5. The number of thioether (sulfide) groups is 1. The Morgan fingerprint density at radius 2 is 2.22 bits per heavy atom. The maximum Gasteiger partial charge on any atom is 0.266 e. The van der Waals surface area contributed by atoms with Crippen LogP contribution in [0.2, 0.25) is 0 Å². The molecule has 0 bridgehead atoms. The van der Waals surface area contributed by atoms with E-state index in [0.717, 1.165) is 23.4 Å². The predicted molar refractivity (Wildman–Crippen MR) is 78.1 cm³/mol. The number of nitrogens with zero attached hydrogens (tertiary/aromatic N) is 1. The third kappa shape index (κ3) is 2.12. The molecule has 18 heavy (non-hydrogen) atoms. The molecule has 3 nitrogen and oxygen atoms in total. The van der Waals surface area contributed by atoms with Crippen molar-refractivity contribution in [3.05, 3.63) is 28.9 Å². The fourth-order valence-corrected chi connectivity index (χ4v) is 3.92. The molecule has 2 heterocycles. The van der Waals surface area contributed by atoms with E-state index in [0.29, 0.717) is 10.4 Å². The molecule has 94 valence electrons. The van der Waals surface area contributed by atoms with Crippen LogP contribution in [0.4, 0.5) is 0 Å². The van der Waals surface area contributed by atoms with Gasteiger partial charge in [-0.3, -0.25) is 9.69 Å². The van der Waals surface area contributed by atoms with Gasteiger partial charge in [0.15, 0.2) is 0 Å². The summed E-state index contributed by atoms with van der Waals surface area (Å²) >= 11 is 6.76. The van der Waals surface area contributed by atoms with Gasteiger partial charge in [-0.05, 0) is 31.1 Å². The average Bonchev–Trinajstić information content (AvgIpc) is 3.03. The first-order valence-corrected chi connectivity index (χ1v) is 7.38. The van der Waals surface area contributed by atoms with Crippen LogP contribution in [0.25, 0.3) is 6.08 Å². The summed E-state index contributed by atoms with van der Waals surface area (Å²) < 4.78 is 0.713. The molecule has 0 atom stereocenters. The molecule has 1 aromatic rings. The Hall–Kier alpha value is -1.07. The highest BCUT2D eigenvalue weighted by Gasteiger charge is 2.37. The summed E-state index contributed by atoms with van der Waals surface area (Å²) in [6.45, 7) is 0. The molecule has 5 heteroatoms. The maximum atomic E-state index is 12.4. The summed E-state index contributed by atoms with van der Waals surface area (Å²) in [7, 11) is 0. The van der Waals surface area contributed by atoms with Gasteiger partial charge in [0.2, 0.25) is 0 Å². The Labute approximate surface area is 116 Å². The lowest BCUT2D eigenvalue weighted by Gasteiger charge is -2.21. The van der Waals surface area contributed by atoms with Crippen molar-refractivity contribution in [2.24, 2.45) is 0 Å². The van der Waals surface area contributed by atoms with Crippen LogP contribution >= 0.6 is 24.0 Å². The molecule has 0 unspecified atom stereocenters. The van der Waals surface area contributed by atoms with E-state index in [4.69, 9.17) is 12.2 Å². The normalized spacial score (nSPS) is 23.6. The Morgan fingerprint density at radius 1 is 1.44 bits per heavy atom. The van der Waals surface area contributed by atoms with Gasteiger partial charge in [-0.1, -0.05) is 36.8 Å². The molecule has 1 aliphatic heterocycles. The van der Waals surface area contributed by atoms with E-state index in [1.165, 1.54) is 24.6 Å². The van der Waals surface area contributed by atoms with Crippen molar-refractivity contribution in [3.8, 4) is 0 Å². The van der Waals surface area contributed by atoms with Crippen molar-refractivity contribution in [2.45, 2.75) is 31.7 Å². The number of carbonyl (C=O) groups is 1. The molecule has 1 amide bonds.